The molecule has 8 nitrogen and oxygen atoms in total. The van der Waals surface area contributed by atoms with Gasteiger partial charge in [0.2, 0.25) is 0 Å². The van der Waals surface area contributed by atoms with Crippen LogP contribution in [0.2, 0.25) is 0 Å². The Hall–Kier alpha value is -2.00. The number of pyridine rings is 1. The monoisotopic (exact) mass is 513 g/mol. The number of aromatic nitrogens is 1. The second-order valence-corrected chi connectivity index (χ2v) is 13.6. The molecule has 1 aliphatic heterocycles. The summed E-state index contributed by atoms with van der Waals surface area (Å²) in [6.45, 7) is 1.48. The fourth-order valence-electron chi connectivity index (χ4n) is 8.43. The highest BCUT2D eigenvalue weighted by molar-refractivity contribution is 7.99. The molecule has 6 aliphatic carbocycles. The van der Waals surface area contributed by atoms with Crippen molar-refractivity contribution in [2.45, 2.75) is 85.8 Å². The molecule has 0 spiro atoms. The summed E-state index contributed by atoms with van der Waals surface area (Å²) in [5.41, 5.74) is 0.162. The van der Waals surface area contributed by atoms with Gasteiger partial charge < -0.3 is 25.2 Å². The summed E-state index contributed by atoms with van der Waals surface area (Å²) in [5.74, 6) is 2.68. The molecule has 7 aliphatic rings. The molecule has 9 heteroatoms. The van der Waals surface area contributed by atoms with E-state index in [0.29, 0.717) is 28.6 Å². The lowest BCUT2D eigenvalue weighted by Gasteiger charge is -2.58. The topological polar surface area (TPSA) is 112 Å². The Morgan fingerprint density at radius 1 is 1.08 bits per heavy atom. The Labute approximate surface area is 215 Å². The molecule has 2 heterocycles. The summed E-state index contributed by atoms with van der Waals surface area (Å²) >= 11 is 1.75. The van der Waals surface area contributed by atoms with Crippen molar-refractivity contribution in [1.82, 2.24) is 10.3 Å². The van der Waals surface area contributed by atoms with E-state index in [0.717, 1.165) is 68.9 Å². The van der Waals surface area contributed by atoms with Crippen molar-refractivity contribution in [2.24, 2.45) is 29.6 Å². The minimum atomic E-state index is -1.20. The van der Waals surface area contributed by atoms with Crippen molar-refractivity contribution in [2.75, 3.05) is 18.0 Å². The van der Waals surface area contributed by atoms with Crippen LogP contribution in [0.5, 0.6) is 0 Å². The molecular weight excluding hydrogens is 478 g/mol. The highest BCUT2D eigenvalue weighted by Gasteiger charge is 2.59. The maximum atomic E-state index is 13.6. The van der Waals surface area contributed by atoms with E-state index in [2.05, 4.69) is 10.2 Å². The molecule has 1 aromatic rings. The molecule has 4 bridgehead atoms. The molecule has 5 atom stereocenters. The summed E-state index contributed by atoms with van der Waals surface area (Å²) in [6.07, 6.45) is 8.21. The zero-order valence-electron chi connectivity index (χ0n) is 20.5. The van der Waals surface area contributed by atoms with Gasteiger partial charge in [-0.15, -0.1) is 11.8 Å². The van der Waals surface area contributed by atoms with E-state index in [4.69, 9.17) is 14.8 Å². The molecule has 36 heavy (non-hydrogen) atoms. The Bertz CT molecular complexity index is 1050. The Balaban J connectivity index is 1.09. The number of hydrogen-bond donors (Lipinski definition) is 3. The first kappa shape index (κ1) is 23.1. The summed E-state index contributed by atoms with van der Waals surface area (Å²) in [4.78, 5) is 31.7. The molecule has 1 aromatic heterocycles. The maximum absolute atomic E-state index is 13.6. The van der Waals surface area contributed by atoms with E-state index in [1.165, 1.54) is 12.8 Å². The number of piperidine rings is 1. The van der Waals surface area contributed by atoms with Gasteiger partial charge in [-0.25, -0.2) is 9.78 Å². The molecule has 0 aromatic carbocycles. The first-order chi connectivity index (χ1) is 17.3. The second-order valence-electron chi connectivity index (χ2n) is 12.3. The SMILES string of the molecule is O=C(O)OC1[C@H]2CN(c3ccc(C(=O)N[C@H]4C5CC6CC4C[C@@](O)(C6)C5)c(SC4CCCC4)n3)C[C@@H]12. The fraction of sp³-hybridized carbons (Fsp3) is 0.741. The lowest BCUT2D eigenvalue weighted by Crippen LogP contribution is -2.61. The van der Waals surface area contributed by atoms with Gasteiger partial charge in [0, 0.05) is 36.2 Å². The van der Waals surface area contributed by atoms with Gasteiger partial charge >= 0.3 is 6.16 Å². The van der Waals surface area contributed by atoms with Gasteiger partial charge in [0.1, 0.15) is 16.9 Å². The van der Waals surface area contributed by atoms with Gasteiger partial charge in [0.25, 0.3) is 5.91 Å². The van der Waals surface area contributed by atoms with Crippen molar-refractivity contribution in [3.05, 3.63) is 17.7 Å². The van der Waals surface area contributed by atoms with Crippen LogP contribution in [0.4, 0.5) is 10.6 Å². The third-order valence-electron chi connectivity index (χ3n) is 9.89. The number of carbonyl (C=O) groups excluding carboxylic acids is 1. The Morgan fingerprint density at radius 3 is 2.42 bits per heavy atom. The van der Waals surface area contributed by atoms with Crippen LogP contribution in [-0.4, -0.2) is 63.3 Å². The molecule has 8 rings (SSSR count). The minimum absolute atomic E-state index is 0.0294. The van der Waals surface area contributed by atoms with Crippen LogP contribution in [0, 0.1) is 29.6 Å². The molecule has 0 radical (unpaired) electrons. The van der Waals surface area contributed by atoms with Gasteiger partial charge in [-0.05, 0) is 74.8 Å². The molecule has 6 saturated carbocycles. The zero-order chi connectivity index (χ0) is 24.6. The highest BCUT2D eigenvalue weighted by atomic mass is 32.2. The number of nitrogens with zero attached hydrogens (tertiary/aromatic N) is 2. The number of carbonyl (C=O) groups is 2. The van der Waals surface area contributed by atoms with Gasteiger partial charge in [0.05, 0.1) is 11.2 Å². The predicted octanol–water partition coefficient (Wildman–Crippen LogP) is 3.91. The molecule has 194 valence electrons. The van der Waals surface area contributed by atoms with Crippen LogP contribution in [0.3, 0.4) is 0 Å². The number of aliphatic hydroxyl groups is 1. The van der Waals surface area contributed by atoms with E-state index in [1.807, 2.05) is 12.1 Å². The summed E-state index contributed by atoms with van der Waals surface area (Å²) in [7, 11) is 0. The number of ether oxygens (including phenoxy) is 1. The zero-order valence-corrected chi connectivity index (χ0v) is 21.3. The van der Waals surface area contributed by atoms with E-state index < -0.39 is 11.8 Å². The number of hydrogen-bond acceptors (Lipinski definition) is 7. The average Bonchev–Trinajstić information content (AvgIpc) is 3.21. The van der Waals surface area contributed by atoms with Crippen LogP contribution in [0.15, 0.2) is 17.2 Å². The van der Waals surface area contributed by atoms with Crippen molar-refractivity contribution >= 4 is 29.6 Å². The van der Waals surface area contributed by atoms with Crippen molar-refractivity contribution in [3.63, 3.8) is 0 Å². The number of anilines is 1. The molecule has 3 N–H and O–H groups in total. The first-order valence-corrected chi connectivity index (χ1v) is 14.6. The normalized spacial score (nSPS) is 40.4. The Kier molecular flexibility index (Phi) is 5.47. The number of rotatable bonds is 6. The number of thioether (sulfide) groups is 1. The summed E-state index contributed by atoms with van der Waals surface area (Å²) < 4.78 is 4.99. The number of carboxylic acid groups (broad SMARTS) is 1. The molecule has 1 saturated heterocycles. The average molecular weight is 514 g/mol. The maximum Gasteiger partial charge on any atom is 0.506 e. The molecule has 7 fully saturated rings. The van der Waals surface area contributed by atoms with E-state index in [-0.39, 0.29) is 29.9 Å². The summed E-state index contributed by atoms with van der Waals surface area (Å²) in [5, 5.41) is 24.5. The van der Waals surface area contributed by atoms with E-state index >= 15 is 0 Å². The van der Waals surface area contributed by atoms with E-state index in [9.17, 15) is 14.7 Å². The lowest BCUT2D eigenvalue weighted by molar-refractivity contribution is -0.136. The number of amides is 1. The lowest BCUT2D eigenvalue weighted by atomic mass is 9.52. The highest BCUT2D eigenvalue weighted by Crippen LogP contribution is 2.56. The molecule has 3 unspecified atom stereocenters. The largest absolute Gasteiger partial charge is 0.506 e. The third kappa shape index (κ3) is 4.06. The van der Waals surface area contributed by atoms with Crippen LogP contribution in [0.1, 0.15) is 68.1 Å². The quantitative estimate of drug-likeness (QED) is 0.491. The van der Waals surface area contributed by atoms with Crippen molar-refractivity contribution in [1.29, 1.82) is 0 Å². The van der Waals surface area contributed by atoms with Crippen LogP contribution < -0.4 is 10.2 Å². The van der Waals surface area contributed by atoms with Gasteiger partial charge in [0.15, 0.2) is 0 Å². The smallest absolute Gasteiger partial charge is 0.450 e. The standard InChI is InChI=1S/C27H35N3O5S/c31-24(29-22-15-7-14-8-16(22)11-27(34,9-14)10-15)18-5-6-21(28-25(18)36-17-3-1-2-4-17)30-12-19-20(13-30)23(19)35-26(32)33/h5-6,14-17,19-20,22-23,34H,1-4,7-13H2,(H,29,31)(H,32,33)/t14?,15?,16?,19-,20+,22-,23?,27+. The number of fused-ring (bicyclic) bond motifs is 1. The van der Waals surface area contributed by atoms with Crippen molar-refractivity contribution in [3.8, 4) is 0 Å². The third-order valence-corrected chi connectivity index (χ3v) is 11.2. The first-order valence-electron chi connectivity index (χ1n) is 13.7. The minimum Gasteiger partial charge on any atom is -0.450 e. The molecule has 1 amide bonds. The summed E-state index contributed by atoms with van der Waals surface area (Å²) in [6, 6.07) is 4.04. The fourth-order valence-corrected chi connectivity index (χ4v) is 9.75. The van der Waals surface area contributed by atoms with Crippen molar-refractivity contribution < 1.29 is 24.5 Å². The van der Waals surface area contributed by atoms with Gasteiger partial charge in [-0.2, -0.15) is 0 Å². The van der Waals surface area contributed by atoms with Crippen LogP contribution >= 0.6 is 11.8 Å². The Morgan fingerprint density at radius 2 is 1.78 bits per heavy atom. The second kappa shape index (κ2) is 8.51. The van der Waals surface area contributed by atoms with Crippen LogP contribution in [-0.2, 0) is 4.74 Å². The van der Waals surface area contributed by atoms with Crippen LogP contribution in [0.25, 0.3) is 0 Å². The van der Waals surface area contributed by atoms with Gasteiger partial charge in [-0.1, -0.05) is 12.8 Å². The van der Waals surface area contributed by atoms with E-state index in [1.54, 1.807) is 11.8 Å². The number of nitrogens with one attached hydrogen (secondary N) is 1. The molecular formula is C27H35N3O5S. The predicted molar refractivity (Wildman–Crippen MR) is 134 cm³/mol. The van der Waals surface area contributed by atoms with Gasteiger partial charge in [-0.3, -0.25) is 4.79 Å².